The minimum atomic E-state index is 0.211. The molecule has 0 unspecified atom stereocenters. The number of hydrazone groups is 1. The average molecular weight is 269 g/mol. The van der Waals surface area contributed by atoms with E-state index < -0.39 is 0 Å². The van der Waals surface area contributed by atoms with Crippen LogP contribution in [0.2, 0.25) is 0 Å². The van der Waals surface area contributed by atoms with Crippen molar-refractivity contribution in [1.82, 2.24) is 4.98 Å². The first-order valence-electron chi connectivity index (χ1n) is 5.74. The fourth-order valence-corrected chi connectivity index (χ4v) is 2.33. The Morgan fingerprint density at radius 2 is 2.11 bits per heavy atom. The lowest BCUT2D eigenvalue weighted by atomic mass is 10.0. The third kappa shape index (κ3) is 2.41. The van der Waals surface area contributed by atoms with E-state index in [4.69, 9.17) is 0 Å². The zero-order chi connectivity index (χ0) is 13.1. The Bertz CT molecular complexity index is 723. The zero-order valence-corrected chi connectivity index (χ0v) is 10.8. The number of phenolic OH excluding ortho intramolecular Hbond substituents is 1. The van der Waals surface area contributed by atoms with Crippen LogP contribution in [0, 0.1) is 0 Å². The summed E-state index contributed by atoms with van der Waals surface area (Å²) in [5.74, 6) is 0.211. The molecule has 19 heavy (non-hydrogen) atoms. The van der Waals surface area contributed by atoms with E-state index in [0.717, 1.165) is 15.9 Å². The standard InChI is InChI=1S/C14H11N3OS/c18-13-6-5-10-3-1-2-4-11(10)12(13)9-16-17-14-15-7-8-19-14/h1-9,18H,(H,15,17). The van der Waals surface area contributed by atoms with Crippen molar-refractivity contribution in [2.45, 2.75) is 0 Å². The van der Waals surface area contributed by atoms with Crippen molar-refractivity contribution in [1.29, 1.82) is 0 Å². The number of anilines is 1. The van der Waals surface area contributed by atoms with E-state index in [0.29, 0.717) is 5.56 Å². The summed E-state index contributed by atoms with van der Waals surface area (Å²) in [5, 5.41) is 18.7. The molecule has 2 N–H and O–H groups in total. The van der Waals surface area contributed by atoms with Crippen LogP contribution < -0.4 is 5.43 Å². The smallest absolute Gasteiger partial charge is 0.203 e. The second-order valence-corrected chi connectivity index (χ2v) is 4.82. The van der Waals surface area contributed by atoms with Gasteiger partial charge in [-0.25, -0.2) is 4.98 Å². The number of aromatic nitrogens is 1. The summed E-state index contributed by atoms with van der Waals surface area (Å²) in [6.07, 6.45) is 3.32. The van der Waals surface area contributed by atoms with Gasteiger partial charge in [0.2, 0.25) is 5.13 Å². The summed E-state index contributed by atoms with van der Waals surface area (Å²) >= 11 is 1.47. The Hall–Kier alpha value is -2.40. The normalized spacial score (nSPS) is 11.2. The molecule has 1 aromatic heterocycles. The molecule has 0 aliphatic rings. The number of phenols is 1. The third-order valence-electron chi connectivity index (χ3n) is 2.73. The summed E-state index contributed by atoms with van der Waals surface area (Å²) in [6.45, 7) is 0. The molecule has 3 rings (SSSR count). The van der Waals surface area contributed by atoms with Gasteiger partial charge in [0.25, 0.3) is 0 Å². The molecular weight excluding hydrogens is 258 g/mol. The first-order chi connectivity index (χ1) is 9.34. The van der Waals surface area contributed by atoms with Crippen LogP contribution in [0.15, 0.2) is 53.1 Å². The lowest BCUT2D eigenvalue weighted by molar-refractivity contribution is 0.475. The predicted molar refractivity (Wildman–Crippen MR) is 78.9 cm³/mol. The minimum Gasteiger partial charge on any atom is -0.507 e. The number of hydrogen-bond donors (Lipinski definition) is 2. The first kappa shape index (κ1) is 11.7. The van der Waals surface area contributed by atoms with Crippen LogP contribution in [-0.2, 0) is 0 Å². The minimum absolute atomic E-state index is 0.211. The largest absolute Gasteiger partial charge is 0.507 e. The van der Waals surface area contributed by atoms with Crippen molar-refractivity contribution in [3.63, 3.8) is 0 Å². The van der Waals surface area contributed by atoms with Gasteiger partial charge in [-0.3, -0.25) is 5.43 Å². The molecule has 0 aliphatic carbocycles. The predicted octanol–water partition coefficient (Wildman–Crippen LogP) is 3.45. The topological polar surface area (TPSA) is 57.5 Å². The van der Waals surface area contributed by atoms with Gasteiger partial charge in [0.15, 0.2) is 0 Å². The fraction of sp³-hybridized carbons (Fsp3) is 0. The van der Waals surface area contributed by atoms with Crippen LogP contribution in [0.1, 0.15) is 5.56 Å². The maximum Gasteiger partial charge on any atom is 0.203 e. The number of benzene rings is 2. The quantitative estimate of drug-likeness (QED) is 0.565. The van der Waals surface area contributed by atoms with E-state index >= 15 is 0 Å². The van der Waals surface area contributed by atoms with Crippen LogP contribution >= 0.6 is 11.3 Å². The highest BCUT2D eigenvalue weighted by Gasteiger charge is 2.03. The molecule has 4 nitrogen and oxygen atoms in total. The van der Waals surface area contributed by atoms with Gasteiger partial charge in [-0.15, -0.1) is 11.3 Å². The van der Waals surface area contributed by atoms with E-state index in [1.54, 1.807) is 18.5 Å². The number of nitrogens with zero attached hydrogens (tertiary/aromatic N) is 2. The van der Waals surface area contributed by atoms with Crippen molar-refractivity contribution >= 4 is 33.5 Å². The van der Waals surface area contributed by atoms with Crippen LogP contribution in [0.5, 0.6) is 5.75 Å². The number of rotatable bonds is 3. The first-order valence-corrected chi connectivity index (χ1v) is 6.62. The monoisotopic (exact) mass is 269 g/mol. The highest BCUT2D eigenvalue weighted by Crippen LogP contribution is 2.25. The Morgan fingerprint density at radius 3 is 2.95 bits per heavy atom. The molecule has 0 saturated carbocycles. The van der Waals surface area contributed by atoms with Gasteiger partial charge < -0.3 is 5.11 Å². The number of thiazole rings is 1. The van der Waals surface area contributed by atoms with E-state index in [1.165, 1.54) is 11.3 Å². The lowest BCUT2D eigenvalue weighted by Gasteiger charge is -2.04. The number of nitrogens with one attached hydrogen (secondary N) is 1. The van der Waals surface area contributed by atoms with Gasteiger partial charge in [0.05, 0.1) is 6.21 Å². The third-order valence-corrected chi connectivity index (χ3v) is 3.41. The van der Waals surface area contributed by atoms with Crippen LogP contribution in [-0.4, -0.2) is 16.3 Å². The molecule has 0 bridgehead atoms. The van der Waals surface area contributed by atoms with Gasteiger partial charge in [0.1, 0.15) is 5.75 Å². The van der Waals surface area contributed by atoms with Crippen molar-refractivity contribution in [3.05, 3.63) is 53.5 Å². The SMILES string of the molecule is Oc1ccc2ccccc2c1C=NNc1nccs1. The average Bonchev–Trinajstić information content (AvgIpc) is 2.94. The highest BCUT2D eigenvalue weighted by atomic mass is 32.1. The molecule has 0 aliphatic heterocycles. The number of hydrogen-bond acceptors (Lipinski definition) is 5. The van der Waals surface area contributed by atoms with Gasteiger partial charge >= 0.3 is 0 Å². The zero-order valence-electron chi connectivity index (χ0n) is 9.95. The summed E-state index contributed by atoms with van der Waals surface area (Å²) in [4.78, 5) is 4.06. The fourth-order valence-electron chi connectivity index (χ4n) is 1.85. The molecule has 3 aromatic rings. The molecular formula is C14H11N3OS. The van der Waals surface area contributed by atoms with Crippen LogP contribution in [0.4, 0.5) is 5.13 Å². The molecule has 0 atom stereocenters. The van der Waals surface area contributed by atoms with Crippen molar-refractivity contribution in [2.24, 2.45) is 5.10 Å². The van der Waals surface area contributed by atoms with E-state index in [9.17, 15) is 5.11 Å². The number of aromatic hydroxyl groups is 1. The molecule has 0 spiro atoms. The van der Waals surface area contributed by atoms with Gasteiger partial charge in [-0.1, -0.05) is 30.3 Å². The van der Waals surface area contributed by atoms with Gasteiger partial charge in [-0.2, -0.15) is 5.10 Å². The Morgan fingerprint density at radius 1 is 1.21 bits per heavy atom. The second kappa shape index (κ2) is 5.07. The Balaban J connectivity index is 1.95. The molecule has 0 radical (unpaired) electrons. The molecule has 5 heteroatoms. The summed E-state index contributed by atoms with van der Waals surface area (Å²) in [6, 6.07) is 11.4. The maximum absolute atomic E-state index is 9.93. The summed E-state index contributed by atoms with van der Waals surface area (Å²) in [5.41, 5.74) is 3.53. The van der Waals surface area contributed by atoms with Crippen LogP contribution in [0.3, 0.4) is 0 Å². The van der Waals surface area contributed by atoms with Crippen LogP contribution in [0.25, 0.3) is 10.8 Å². The van der Waals surface area contributed by atoms with E-state index in [2.05, 4.69) is 15.5 Å². The summed E-state index contributed by atoms with van der Waals surface area (Å²) in [7, 11) is 0. The molecule has 0 fully saturated rings. The van der Waals surface area contributed by atoms with Crippen molar-refractivity contribution in [2.75, 3.05) is 5.43 Å². The number of fused-ring (bicyclic) bond motifs is 1. The molecule has 2 aromatic carbocycles. The Kier molecular flexibility index (Phi) is 3.12. The molecule has 0 saturated heterocycles. The Labute approximate surface area is 114 Å². The van der Waals surface area contributed by atoms with E-state index in [-0.39, 0.29) is 5.75 Å². The summed E-state index contributed by atoms with van der Waals surface area (Å²) < 4.78 is 0. The molecule has 94 valence electrons. The lowest BCUT2D eigenvalue weighted by Crippen LogP contribution is -1.91. The van der Waals surface area contributed by atoms with Crippen molar-refractivity contribution < 1.29 is 5.11 Å². The molecule has 1 heterocycles. The van der Waals surface area contributed by atoms with Crippen molar-refractivity contribution in [3.8, 4) is 5.75 Å². The maximum atomic E-state index is 9.93. The second-order valence-electron chi connectivity index (χ2n) is 3.93. The molecule has 0 amide bonds. The van der Waals surface area contributed by atoms with Gasteiger partial charge in [-0.05, 0) is 16.8 Å². The highest BCUT2D eigenvalue weighted by molar-refractivity contribution is 7.13. The van der Waals surface area contributed by atoms with E-state index in [1.807, 2.05) is 35.7 Å². The van der Waals surface area contributed by atoms with Gasteiger partial charge in [0, 0.05) is 17.1 Å².